The maximum absolute atomic E-state index is 11.2. The van der Waals surface area contributed by atoms with Gasteiger partial charge in [-0.2, -0.15) is 0 Å². The summed E-state index contributed by atoms with van der Waals surface area (Å²) in [6, 6.07) is 0. The van der Waals surface area contributed by atoms with Crippen molar-refractivity contribution in [2.75, 3.05) is 20.3 Å². The summed E-state index contributed by atoms with van der Waals surface area (Å²) in [6.07, 6.45) is 4.32. The van der Waals surface area contributed by atoms with Crippen LogP contribution >= 0.6 is 0 Å². The number of carbonyl (C=O) groups excluding carboxylic acids is 1. The number of ether oxygens (including phenoxy) is 2. The van der Waals surface area contributed by atoms with Crippen LogP contribution in [0.5, 0.6) is 0 Å². The van der Waals surface area contributed by atoms with Crippen molar-refractivity contribution in [2.45, 2.75) is 45.1 Å². The number of aliphatic hydroxyl groups is 1. The predicted molar refractivity (Wildman–Crippen MR) is 57.6 cm³/mol. The first-order chi connectivity index (χ1) is 7.24. The third-order valence-corrected chi connectivity index (χ3v) is 2.20. The Morgan fingerprint density at radius 3 is 2.60 bits per heavy atom. The minimum atomic E-state index is -0.399. The highest BCUT2D eigenvalue weighted by Gasteiger charge is 2.09. The largest absolute Gasteiger partial charge is 0.463 e. The first kappa shape index (κ1) is 14.4. The van der Waals surface area contributed by atoms with Crippen molar-refractivity contribution in [3.05, 3.63) is 0 Å². The summed E-state index contributed by atoms with van der Waals surface area (Å²) in [6.45, 7) is 2.14. The second kappa shape index (κ2) is 9.93. The summed E-state index contributed by atoms with van der Waals surface area (Å²) in [5.74, 6) is -0.207. The zero-order valence-corrected chi connectivity index (χ0v) is 9.70. The molecule has 0 aromatic rings. The molecule has 0 aromatic carbocycles. The second-order valence-corrected chi connectivity index (χ2v) is 3.53. The molecule has 90 valence electrons. The lowest BCUT2D eigenvalue weighted by Crippen LogP contribution is -2.24. The molecule has 0 heterocycles. The second-order valence-electron chi connectivity index (χ2n) is 3.53. The standard InChI is InChI=1S/C11H22O4/c1-3-4-5-6-7-11(13)15-9-10(8-12)14-2/h10,12H,3-9H2,1-2H3. The molecule has 0 amide bonds. The molecule has 0 bridgehead atoms. The normalized spacial score (nSPS) is 12.5. The minimum absolute atomic E-state index is 0.125. The van der Waals surface area contributed by atoms with Gasteiger partial charge in [-0.1, -0.05) is 26.2 Å². The average molecular weight is 218 g/mol. The van der Waals surface area contributed by atoms with Crippen molar-refractivity contribution >= 4 is 5.97 Å². The fraction of sp³-hybridized carbons (Fsp3) is 0.909. The Labute approximate surface area is 91.6 Å². The van der Waals surface area contributed by atoms with Gasteiger partial charge in [0.05, 0.1) is 6.61 Å². The van der Waals surface area contributed by atoms with Crippen LogP contribution in [0.2, 0.25) is 0 Å². The topological polar surface area (TPSA) is 55.8 Å². The van der Waals surface area contributed by atoms with Crippen molar-refractivity contribution in [1.82, 2.24) is 0 Å². The third-order valence-electron chi connectivity index (χ3n) is 2.20. The van der Waals surface area contributed by atoms with Gasteiger partial charge in [-0.05, 0) is 6.42 Å². The Kier molecular flexibility index (Phi) is 9.52. The van der Waals surface area contributed by atoms with E-state index < -0.39 is 6.10 Å². The van der Waals surface area contributed by atoms with Crippen molar-refractivity contribution < 1.29 is 19.4 Å². The summed E-state index contributed by atoms with van der Waals surface area (Å²) >= 11 is 0. The van der Waals surface area contributed by atoms with Crippen LogP contribution in [0.1, 0.15) is 39.0 Å². The van der Waals surface area contributed by atoms with Crippen LogP contribution in [0, 0.1) is 0 Å². The summed E-state index contributed by atoms with van der Waals surface area (Å²) in [5, 5.41) is 8.77. The number of aliphatic hydroxyl groups excluding tert-OH is 1. The molecule has 0 spiro atoms. The quantitative estimate of drug-likeness (QED) is 0.471. The molecule has 0 saturated heterocycles. The third kappa shape index (κ3) is 8.39. The molecule has 0 aliphatic carbocycles. The lowest BCUT2D eigenvalue weighted by atomic mass is 10.2. The molecule has 0 rings (SSSR count). The zero-order chi connectivity index (χ0) is 11.5. The molecule has 0 fully saturated rings. The molecule has 0 aliphatic rings. The molecule has 1 atom stereocenters. The molecule has 4 heteroatoms. The van der Waals surface area contributed by atoms with Crippen molar-refractivity contribution in [2.24, 2.45) is 0 Å². The molecular weight excluding hydrogens is 196 g/mol. The van der Waals surface area contributed by atoms with Crippen molar-refractivity contribution in [3.63, 3.8) is 0 Å². The van der Waals surface area contributed by atoms with Gasteiger partial charge in [0.15, 0.2) is 0 Å². The highest BCUT2D eigenvalue weighted by molar-refractivity contribution is 5.69. The van der Waals surface area contributed by atoms with Gasteiger partial charge in [0, 0.05) is 13.5 Å². The highest BCUT2D eigenvalue weighted by atomic mass is 16.6. The van der Waals surface area contributed by atoms with Crippen LogP contribution in [0.25, 0.3) is 0 Å². The van der Waals surface area contributed by atoms with Gasteiger partial charge in [0.2, 0.25) is 0 Å². The fourth-order valence-corrected chi connectivity index (χ4v) is 1.15. The van der Waals surface area contributed by atoms with E-state index in [1.165, 1.54) is 7.11 Å². The SMILES string of the molecule is CCCCCCC(=O)OCC(CO)OC. The molecule has 1 unspecified atom stereocenters. The van der Waals surface area contributed by atoms with E-state index in [0.29, 0.717) is 6.42 Å². The molecule has 15 heavy (non-hydrogen) atoms. The minimum Gasteiger partial charge on any atom is -0.463 e. The van der Waals surface area contributed by atoms with Gasteiger partial charge in [0.1, 0.15) is 12.7 Å². The van der Waals surface area contributed by atoms with Gasteiger partial charge >= 0.3 is 5.97 Å². The number of hydrogen-bond donors (Lipinski definition) is 1. The van der Waals surface area contributed by atoms with Crippen molar-refractivity contribution in [1.29, 1.82) is 0 Å². The number of unbranched alkanes of at least 4 members (excludes halogenated alkanes) is 3. The maximum atomic E-state index is 11.2. The summed E-state index contributed by atoms with van der Waals surface area (Å²) < 4.78 is 9.81. The Morgan fingerprint density at radius 2 is 2.07 bits per heavy atom. The van der Waals surface area contributed by atoms with Crippen LogP contribution < -0.4 is 0 Å². The van der Waals surface area contributed by atoms with Gasteiger partial charge in [-0.25, -0.2) is 0 Å². The molecule has 1 N–H and O–H groups in total. The Bertz CT molecular complexity index is 155. The Hall–Kier alpha value is -0.610. The van der Waals surface area contributed by atoms with E-state index in [1.54, 1.807) is 0 Å². The van der Waals surface area contributed by atoms with Crippen LogP contribution in [0.15, 0.2) is 0 Å². The number of methoxy groups -OCH3 is 1. The maximum Gasteiger partial charge on any atom is 0.305 e. The van der Waals surface area contributed by atoms with Gasteiger partial charge < -0.3 is 14.6 Å². The Balaban J connectivity index is 3.40. The van der Waals surface area contributed by atoms with E-state index in [-0.39, 0.29) is 19.2 Å². The fourth-order valence-electron chi connectivity index (χ4n) is 1.15. The van der Waals surface area contributed by atoms with Crippen LogP contribution in [-0.4, -0.2) is 37.5 Å². The molecule has 0 aromatic heterocycles. The molecule has 0 radical (unpaired) electrons. The zero-order valence-electron chi connectivity index (χ0n) is 9.70. The van der Waals surface area contributed by atoms with E-state index in [1.807, 2.05) is 0 Å². The molecule has 4 nitrogen and oxygen atoms in total. The number of esters is 1. The highest BCUT2D eigenvalue weighted by Crippen LogP contribution is 2.03. The number of carbonyl (C=O) groups is 1. The van der Waals surface area contributed by atoms with E-state index in [2.05, 4.69) is 6.92 Å². The van der Waals surface area contributed by atoms with Gasteiger partial charge in [0.25, 0.3) is 0 Å². The summed E-state index contributed by atoms with van der Waals surface area (Å²) in [4.78, 5) is 11.2. The van der Waals surface area contributed by atoms with Crippen LogP contribution in [0.3, 0.4) is 0 Å². The number of rotatable bonds is 9. The van der Waals surface area contributed by atoms with E-state index >= 15 is 0 Å². The summed E-state index contributed by atoms with van der Waals surface area (Å²) in [7, 11) is 1.48. The predicted octanol–water partition coefficient (Wildman–Crippen LogP) is 1.51. The van der Waals surface area contributed by atoms with Gasteiger partial charge in [-0.3, -0.25) is 4.79 Å². The smallest absolute Gasteiger partial charge is 0.305 e. The molecule has 0 aliphatic heterocycles. The molecular formula is C11H22O4. The van der Waals surface area contributed by atoms with Crippen LogP contribution in [0.4, 0.5) is 0 Å². The first-order valence-electron chi connectivity index (χ1n) is 5.53. The number of hydrogen-bond acceptors (Lipinski definition) is 4. The van der Waals surface area contributed by atoms with E-state index in [9.17, 15) is 4.79 Å². The van der Waals surface area contributed by atoms with E-state index in [0.717, 1.165) is 25.7 Å². The molecule has 0 saturated carbocycles. The summed E-state index contributed by atoms with van der Waals surface area (Å²) in [5.41, 5.74) is 0. The van der Waals surface area contributed by atoms with Crippen LogP contribution in [-0.2, 0) is 14.3 Å². The monoisotopic (exact) mass is 218 g/mol. The lowest BCUT2D eigenvalue weighted by molar-refractivity contribution is -0.148. The Morgan fingerprint density at radius 1 is 1.33 bits per heavy atom. The van der Waals surface area contributed by atoms with Gasteiger partial charge in [-0.15, -0.1) is 0 Å². The lowest BCUT2D eigenvalue weighted by Gasteiger charge is -2.12. The van der Waals surface area contributed by atoms with E-state index in [4.69, 9.17) is 14.6 Å². The van der Waals surface area contributed by atoms with Crippen molar-refractivity contribution in [3.8, 4) is 0 Å². The average Bonchev–Trinajstić information content (AvgIpc) is 2.26. The first-order valence-corrected chi connectivity index (χ1v) is 5.53.